The predicted molar refractivity (Wildman–Crippen MR) is 71.6 cm³/mol. The van der Waals surface area contributed by atoms with E-state index in [-0.39, 0.29) is 24.3 Å². The molecule has 0 radical (unpaired) electrons. The fourth-order valence-electron chi connectivity index (χ4n) is 1.85. The second-order valence-electron chi connectivity index (χ2n) is 4.58. The Hall–Kier alpha value is -1.85. The van der Waals surface area contributed by atoms with E-state index in [0.717, 1.165) is 12.8 Å². The third kappa shape index (κ3) is 4.39. The van der Waals surface area contributed by atoms with E-state index in [9.17, 15) is 9.59 Å². The zero-order valence-corrected chi connectivity index (χ0v) is 11.9. The van der Waals surface area contributed by atoms with Gasteiger partial charge in [-0.15, -0.1) is 0 Å². The fraction of sp³-hybridized carbons (Fsp3) is 0.615. The van der Waals surface area contributed by atoms with E-state index in [2.05, 4.69) is 10.5 Å². The molecule has 0 bridgehead atoms. The van der Waals surface area contributed by atoms with Crippen LogP contribution in [0.1, 0.15) is 32.4 Å². The lowest BCUT2D eigenvalue weighted by Crippen LogP contribution is -2.38. The smallest absolute Gasteiger partial charge is 0.245 e. The van der Waals surface area contributed by atoms with Crippen molar-refractivity contribution in [3.05, 3.63) is 11.8 Å². The molecule has 0 unspecified atom stereocenters. The summed E-state index contributed by atoms with van der Waals surface area (Å²) in [6, 6.07) is 1.63. The Labute approximate surface area is 113 Å². The van der Waals surface area contributed by atoms with Gasteiger partial charge in [-0.2, -0.15) is 0 Å². The minimum absolute atomic E-state index is 0.00326. The van der Waals surface area contributed by atoms with Crippen LogP contribution in [0.2, 0.25) is 0 Å². The number of carbonyl (C=O) groups is 2. The van der Waals surface area contributed by atoms with Crippen LogP contribution in [0.25, 0.3) is 0 Å². The maximum Gasteiger partial charge on any atom is 0.245 e. The summed E-state index contributed by atoms with van der Waals surface area (Å²) in [5.41, 5.74) is 0. The molecule has 0 saturated carbocycles. The standard InChI is InChI=1S/C13H21N3O3/c1-5-10(6-2)13(18)16(4)8-12(17)14-11-7-9(3)19-15-11/h7,10H,5-6,8H2,1-4H3,(H,14,15,17). The van der Waals surface area contributed by atoms with Gasteiger partial charge in [-0.25, -0.2) is 0 Å². The number of anilines is 1. The van der Waals surface area contributed by atoms with Crippen molar-refractivity contribution in [2.24, 2.45) is 5.92 Å². The maximum atomic E-state index is 12.0. The number of amides is 2. The van der Waals surface area contributed by atoms with Gasteiger partial charge in [-0.1, -0.05) is 19.0 Å². The Kier molecular flexibility index (Phi) is 5.54. The Morgan fingerprint density at radius 1 is 1.42 bits per heavy atom. The second-order valence-corrected chi connectivity index (χ2v) is 4.58. The first-order valence-corrected chi connectivity index (χ1v) is 6.46. The molecule has 1 aromatic heterocycles. The number of nitrogens with one attached hydrogen (secondary N) is 1. The summed E-state index contributed by atoms with van der Waals surface area (Å²) in [4.78, 5) is 25.2. The summed E-state index contributed by atoms with van der Waals surface area (Å²) in [5.74, 6) is 0.682. The van der Waals surface area contributed by atoms with Crippen LogP contribution in [0.4, 0.5) is 5.82 Å². The lowest BCUT2D eigenvalue weighted by molar-refractivity contribution is -0.137. The number of likely N-dealkylation sites (N-methyl/N-ethyl adjacent to an activating group) is 1. The minimum atomic E-state index is -0.282. The first-order valence-electron chi connectivity index (χ1n) is 6.46. The number of nitrogens with zero attached hydrogens (tertiary/aromatic N) is 2. The topological polar surface area (TPSA) is 75.4 Å². The van der Waals surface area contributed by atoms with Crippen molar-refractivity contribution in [3.8, 4) is 0 Å². The number of aromatic nitrogens is 1. The fourth-order valence-corrected chi connectivity index (χ4v) is 1.85. The molecule has 0 spiro atoms. The van der Waals surface area contributed by atoms with Crippen LogP contribution in [-0.4, -0.2) is 35.5 Å². The van der Waals surface area contributed by atoms with Crippen molar-refractivity contribution >= 4 is 17.6 Å². The highest BCUT2D eigenvalue weighted by Crippen LogP contribution is 2.11. The highest BCUT2D eigenvalue weighted by atomic mass is 16.5. The molecule has 1 heterocycles. The summed E-state index contributed by atoms with van der Waals surface area (Å²) < 4.78 is 4.85. The van der Waals surface area contributed by atoms with Gasteiger partial charge in [0.05, 0.1) is 6.54 Å². The molecule has 1 rings (SSSR count). The Morgan fingerprint density at radius 3 is 2.53 bits per heavy atom. The molecule has 106 valence electrons. The molecular weight excluding hydrogens is 246 g/mol. The summed E-state index contributed by atoms with van der Waals surface area (Å²) in [6.07, 6.45) is 1.56. The van der Waals surface area contributed by atoms with Crippen molar-refractivity contribution in [2.75, 3.05) is 18.9 Å². The molecule has 1 N–H and O–H groups in total. The van der Waals surface area contributed by atoms with Crippen LogP contribution in [0.5, 0.6) is 0 Å². The molecule has 1 aromatic rings. The van der Waals surface area contributed by atoms with Crippen molar-refractivity contribution in [2.45, 2.75) is 33.6 Å². The van der Waals surface area contributed by atoms with Gasteiger partial charge in [0.1, 0.15) is 5.76 Å². The highest BCUT2D eigenvalue weighted by molar-refractivity contribution is 5.94. The van der Waals surface area contributed by atoms with Gasteiger partial charge < -0.3 is 14.7 Å². The van der Waals surface area contributed by atoms with Crippen LogP contribution in [0, 0.1) is 12.8 Å². The molecule has 6 nitrogen and oxygen atoms in total. The van der Waals surface area contributed by atoms with Crippen molar-refractivity contribution < 1.29 is 14.1 Å². The van der Waals surface area contributed by atoms with Gasteiger partial charge in [-0.05, 0) is 19.8 Å². The van der Waals surface area contributed by atoms with Gasteiger partial charge in [-0.3, -0.25) is 9.59 Å². The number of carbonyl (C=O) groups excluding carboxylic acids is 2. The minimum Gasteiger partial charge on any atom is -0.360 e. The molecule has 0 aliphatic carbocycles. The Bertz CT molecular complexity index is 438. The summed E-state index contributed by atoms with van der Waals surface area (Å²) >= 11 is 0. The Morgan fingerprint density at radius 2 is 2.05 bits per heavy atom. The lowest BCUT2D eigenvalue weighted by Gasteiger charge is -2.21. The van der Waals surface area contributed by atoms with Crippen LogP contribution in [-0.2, 0) is 9.59 Å². The van der Waals surface area contributed by atoms with Crippen LogP contribution >= 0.6 is 0 Å². The molecule has 2 amide bonds. The Balaban J connectivity index is 2.49. The number of aryl methyl sites for hydroxylation is 1. The van der Waals surface area contributed by atoms with E-state index in [1.165, 1.54) is 4.90 Å². The van der Waals surface area contributed by atoms with Crippen LogP contribution < -0.4 is 5.32 Å². The highest BCUT2D eigenvalue weighted by Gasteiger charge is 2.20. The van der Waals surface area contributed by atoms with Crippen molar-refractivity contribution in [1.29, 1.82) is 0 Å². The second kappa shape index (κ2) is 6.92. The molecule has 19 heavy (non-hydrogen) atoms. The van der Waals surface area contributed by atoms with E-state index >= 15 is 0 Å². The average Bonchev–Trinajstić information content (AvgIpc) is 2.75. The molecule has 0 aliphatic heterocycles. The number of rotatable bonds is 6. The van der Waals surface area contributed by atoms with Crippen LogP contribution in [0.3, 0.4) is 0 Å². The molecule has 0 atom stereocenters. The number of hydrogen-bond acceptors (Lipinski definition) is 4. The van der Waals surface area contributed by atoms with Gasteiger partial charge in [0.15, 0.2) is 5.82 Å². The molecule has 0 aliphatic rings. The lowest BCUT2D eigenvalue weighted by atomic mass is 10.0. The summed E-state index contributed by atoms with van der Waals surface area (Å²) in [7, 11) is 1.63. The maximum absolute atomic E-state index is 12.0. The predicted octanol–water partition coefficient (Wildman–Crippen LogP) is 1.82. The van der Waals surface area contributed by atoms with Gasteiger partial charge in [0.25, 0.3) is 0 Å². The normalized spacial score (nSPS) is 10.6. The van der Waals surface area contributed by atoms with Gasteiger partial charge in [0.2, 0.25) is 11.8 Å². The van der Waals surface area contributed by atoms with E-state index in [1.807, 2.05) is 13.8 Å². The average molecular weight is 267 g/mol. The first kappa shape index (κ1) is 15.2. The van der Waals surface area contributed by atoms with Crippen molar-refractivity contribution in [3.63, 3.8) is 0 Å². The van der Waals surface area contributed by atoms with Crippen LogP contribution in [0.15, 0.2) is 10.6 Å². The van der Waals surface area contributed by atoms with E-state index in [1.54, 1.807) is 20.0 Å². The van der Waals surface area contributed by atoms with Gasteiger partial charge >= 0.3 is 0 Å². The summed E-state index contributed by atoms with van der Waals surface area (Å²) in [6.45, 7) is 5.70. The summed E-state index contributed by atoms with van der Waals surface area (Å²) in [5, 5.41) is 6.25. The molecule has 0 fully saturated rings. The largest absolute Gasteiger partial charge is 0.360 e. The molecular formula is C13H21N3O3. The monoisotopic (exact) mass is 267 g/mol. The zero-order chi connectivity index (χ0) is 14.4. The van der Waals surface area contributed by atoms with E-state index in [4.69, 9.17) is 4.52 Å². The molecule has 0 saturated heterocycles. The zero-order valence-electron chi connectivity index (χ0n) is 11.9. The van der Waals surface area contributed by atoms with Crippen molar-refractivity contribution in [1.82, 2.24) is 10.1 Å². The number of hydrogen-bond donors (Lipinski definition) is 1. The third-order valence-corrected chi connectivity index (χ3v) is 2.99. The molecule has 0 aromatic carbocycles. The first-order chi connectivity index (χ1) is 8.97. The SMILES string of the molecule is CCC(CC)C(=O)N(C)CC(=O)Nc1cc(C)on1. The third-order valence-electron chi connectivity index (χ3n) is 2.99. The van der Waals surface area contributed by atoms with Gasteiger partial charge in [0, 0.05) is 19.0 Å². The van der Waals surface area contributed by atoms with E-state index < -0.39 is 0 Å². The van der Waals surface area contributed by atoms with E-state index in [0.29, 0.717) is 11.6 Å². The quantitative estimate of drug-likeness (QED) is 0.853. The molecule has 6 heteroatoms.